The quantitative estimate of drug-likeness (QED) is 0.0785. The topological polar surface area (TPSA) is 20.2 Å². The zero-order chi connectivity index (χ0) is 32.1. The Morgan fingerprint density at radius 2 is 0.841 bits per heavy atom. The molecule has 1 rings (SSSR count). The standard InChI is InChI=1S/C41H76OS2/c1-6-10-14-16-18-20-22-24-26-28-30-39(43-32-12-8-3)37-34-36(5)41(42)38(35-37)40(44-33-13-9-4)31-29-27-25-23-21-19-17-15-11-7-2/h34-35,39-40,42H,6-33H2,1-5H3. The van der Waals surface area contributed by atoms with E-state index in [0.717, 1.165) is 5.56 Å². The molecule has 1 aromatic rings. The Morgan fingerprint density at radius 1 is 0.477 bits per heavy atom. The van der Waals surface area contributed by atoms with Gasteiger partial charge in [-0.15, -0.1) is 0 Å². The van der Waals surface area contributed by atoms with Crippen molar-refractivity contribution in [1.29, 1.82) is 0 Å². The lowest BCUT2D eigenvalue weighted by atomic mass is 9.95. The minimum absolute atomic E-state index is 0.424. The van der Waals surface area contributed by atoms with Crippen LogP contribution >= 0.6 is 23.5 Å². The van der Waals surface area contributed by atoms with Crippen LogP contribution in [0.5, 0.6) is 5.75 Å². The predicted molar refractivity (Wildman–Crippen MR) is 206 cm³/mol. The van der Waals surface area contributed by atoms with Crippen molar-refractivity contribution < 1.29 is 5.11 Å². The highest BCUT2D eigenvalue weighted by Gasteiger charge is 2.21. The maximum atomic E-state index is 11.4. The number of hydrogen-bond donors (Lipinski definition) is 1. The average Bonchev–Trinajstić information content (AvgIpc) is 3.02. The lowest BCUT2D eigenvalue weighted by Crippen LogP contribution is -2.03. The van der Waals surface area contributed by atoms with Crippen LogP contribution in [0.1, 0.15) is 222 Å². The Balaban J connectivity index is 2.76. The van der Waals surface area contributed by atoms with E-state index < -0.39 is 0 Å². The number of aryl methyl sites for hydroxylation is 1. The molecule has 2 atom stereocenters. The van der Waals surface area contributed by atoms with E-state index in [1.54, 1.807) is 0 Å². The second kappa shape index (κ2) is 30.1. The van der Waals surface area contributed by atoms with Crippen molar-refractivity contribution >= 4 is 23.5 Å². The summed E-state index contributed by atoms with van der Waals surface area (Å²) in [6.07, 6.45) is 35.4. The molecular weight excluding hydrogens is 573 g/mol. The summed E-state index contributed by atoms with van der Waals surface area (Å²) in [5.41, 5.74) is 3.81. The molecule has 0 saturated carbocycles. The van der Waals surface area contributed by atoms with E-state index in [2.05, 4.69) is 70.3 Å². The fraction of sp³-hybridized carbons (Fsp3) is 0.854. The van der Waals surface area contributed by atoms with Gasteiger partial charge in [-0.3, -0.25) is 0 Å². The van der Waals surface area contributed by atoms with Crippen LogP contribution in [0.3, 0.4) is 0 Å². The highest BCUT2D eigenvalue weighted by Crippen LogP contribution is 2.44. The predicted octanol–water partition coefficient (Wildman–Crippen LogP) is 15.5. The third kappa shape index (κ3) is 20.8. The van der Waals surface area contributed by atoms with Gasteiger partial charge in [0.2, 0.25) is 0 Å². The largest absolute Gasteiger partial charge is 0.507 e. The van der Waals surface area contributed by atoms with E-state index >= 15 is 0 Å². The van der Waals surface area contributed by atoms with Crippen LogP contribution in [0.15, 0.2) is 12.1 Å². The fourth-order valence-corrected chi connectivity index (χ4v) is 9.15. The highest BCUT2D eigenvalue weighted by molar-refractivity contribution is 7.99. The van der Waals surface area contributed by atoms with Gasteiger partial charge in [-0.05, 0) is 61.3 Å². The van der Waals surface area contributed by atoms with Crippen LogP contribution in [0.4, 0.5) is 0 Å². The monoisotopic (exact) mass is 649 g/mol. The summed E-state index contributed by atoms with van der Waals surface area (Å²) < 4.78 is 0. The van der Waals surface area contributed by atoms with Gasteiger partial charge < -0.3 is 5.11 Å². The molecule has 0 aliphatic carbocycles. The van der Waals surface area contributed by atoms with E-state index in [0.29, 0.717) is 16.2 Å². The maximum absolute atomic E-state index is 11.4. The summed E-state index contributed by atoms with van der Waals surface area (Å²) in [5.74, 6) is 3.03. The second-order valence-corrected chi connectivity index (χ2v) is 16.3. The molecule has 0 saturated heterocycles. The van der Waals surface area contributed by atoms with E-state index in [-0.39, 0.29) is 0 Å². The highest BCUT2D eigenvalue weighted by atomic mass is 32.2. The Hall–Kier alpha value is -0.280. The minimum Gasteiger partial charge on any atom is -0.507 e. The van der Waals surface area contributed by atoms with Crippen LogP contribution < -0.4 is 0 Å². The van der Waals surface area contributed by atoms with Gasteiger partial charge in [0.25, 0.3) is 0 Å². The Labute approximate surface area is 285 Å². The first-order valence-electron chi connectivity index (χ1n) is 19.6. The molecule has 0 bridgehead atoms. The number of hydrogen-bond acceptors (Lipinski definition) is 3. The van der Waals surface area contributed by atoms with Gasteiger partial charge in [-0.2, -0.15) is 23.5 Å². The normalized spacial score (nSPS) is 13.0. The molecule has 1 nitrogen and oxygen atoms in total. The molecule has 0 heterocycles. The minimum atomic E-state index is 0.424. The summed E-state index contributed by atoms with van der Waals surface area (Å²) in [4.78, 5) is 0. The van der Waals surface area contributed by atoms with Crippen molar-refractivity contribution in [2.24, 2.45) is 0 Å². The van der Waals surface area contributed by atoms with Crippen LogP contribution in [0.2, 0.25) is 0 Å². The SMILES string of the molecule is CCCCCCCCCCCCC(SCCCC)c1cc(C)c(O)c(C(CCCCCCCCCCCC)SCCCC)c1. The van der Waals surface area contributed by atoms with Crippen LogP contribution in [-0.2, 0) is 0 Å². The van der Waals surface area contributed by atoms with Gasteiger partial charge >= 0.3 is 0 Å². The Kier molecular flexibility index (Phi) is 28.5. The van der Waals surface area contributed by atoms with Crippen molar-refractivity contribution in [3.63, 3.8) is 0 Å². The van der Waals surface area contributed by atoms with Crippen molar-refractivity contribution in [3.8, 4) is 5.75 Å². The van der Waals surface area contributed by atoms with Crippen molar-refractivity contribution in [2.45, 2.75) is 212 Å². The van der Waals surface area contributed by atoms with Gasteiger partial charge in [0.05, 0.1) is 0 Å². The molecule has 1 N–H and O–H groups in total. The van der Waals surface area contributed by atoms with Gasteiger partial charge in [0.1, 0.15) is 5.75 Å². The molecule has 0 aliphatic rings. The second-order valence-electron chi connectivity index (χ2n) is 13.6. The molecule has 0 radical (unpaired) electrons. The average molecular weight is 649 g/mol. The lowest BCUT2D eigenvalue weighted by molar-refractivity contribution is 0.460. The van der Waals surface area contributed by atoms with Crippen LogP contribution in [0, 0.1) is 6.92 Å². The molecule has 0 fully saturated rings. The number of phenols is 1. The summed E-state index contributed by atoms with van der Waals surface area (Å²) in [6.45, 7) is 11.4. The van der Waals surface area contributed by atoms with Crippen molar-refractivity contribution in [3.05, 3.63) is 28.8 Å². The molecule has 0 aliphatic heterocycles. The summed E-state index contributed by atoms with van der Waals surface area (Å²) in [6, 6.07) is 4.77. The first kappa shape index (κ1) is 41.7. The number of unbranched alkanes of at least 4 members (excludes halogenated alkanes) is 20. The van der Waals surface area contributed by atoms with E-state index in [1.807, 2.05) is 0 Å². The Morgan fingerprint density at radius 3 is 1.27 bits per heavy atom. The van der Waals surface area contributed by atoms with E-state index in [9.17, 15) is 5.11 Å². The molecule has 0 spiro atoms. The molecule has 0 aromatic heterocycles. The fourth-order valence-electron chi connectivity index (χ4n) is 6.32. The lowest BCUT2D eigenvalue weighted by Gasteiger charge is -2.24. The van der Waals surface area contributed by atoms with Gasteiger partial charge in [0, 0.05) is 16.1 Å². The number of aromatic hydroxyl groups is 1. The molecule has 2 unspecified atom stereocenters. The third-order valence-electron chi connectivity index (χ3n) is 9.34. The molecule has 3 heteroatoms. The molecule has 1 aromatic carbocycles. The van der Waals surface area contributed by atoms with Crippen LogP contribution in [-0.4, -0.2) is 16.6 Å². The number of phenolic OH excluding ortho intramolecular Hbond substituents is 1. The molecule has 0 amide bonds. The van der Waals surface area contributed by atoms with Gasteiger partial charge in [-0.1, -0.05) is 175 Å². The summed E-state index contributed by atoms with van der Waals surface area (Å²) >= 11 is 4.29. The smallest absolute Gasteiger partial charge is 0.122 e. The Bertz CT molecular complexity index is 763. The van der Waals surface area contributed by atoms with Gasteiger partial charge in [-0.25, -0.2) is 0 Å². The summed E-state index contributed by atoms with van der Waals surface area (Å²) in [5, 5.41) is 12.3. The van der Waals surface area contributed by atoms with Crippen molar-refractivity contribution in [1.82, 2.24) is 0 Å². The number of thioether (sulfide) groups is 2. The zero-order valence-electron chi connectivity index (χ0n) is 30.4. The molecule has 258 valence electrons. The van der Waals surface area contributed by atoms with E-state index in [1.165, 1.54) is 190 Å². The molecule has 44 heavy (non-hydrogen) atoms. The first-order chi connectivity index (χ1) is 21.6. The third-order valence-corrected chi connectivity index (χ3v) is 12.2. The molecular formula is C41H76OS2. The van der Waals surface area contributed by atoms with Gasteiger partial charge in [0.15, 0.2) is 0 Å². The summed E-state index contributed by atoms with van der Waals surface area (Å²) in [7, 11) is 0. The van der Waals surface area contributed by atoms with Crippen molar-refractivity contribution in [2.75, 3.05) is 11.5 Å². The maximum Gasteiger partial charge on any atom is 0.122 e. The van der Waals surface area contributed by atoms with Crippen LogP contribution in [0.25, 0.3) is 0 Å². The number of benzene rings is 1. The number of rotatable bonds is 32. The zero-order valence-corrected chi connectivity index (χ0v) is 32.0. The van der Waals surface area contributed by atoms with E-state index in [4.69, 9.17) is 0 Å². The first-order valence-corrected chi connectivity index (χ1v) is 21.7.